The first-order chi connectivity index (χ1) is 29.1. The number of H-pyrrole nitrogens is 1. The van der Waals surface area contributed by atoms with Crippen molar-refractivity contribution in [2.24, 2.45) is 17.3 Å². The maximum atomic E-state index is 15.7. The largest absolute Gasteiger partial charge is 0.573 e. The lowest BCUT2D eigenvalue weighted by atomic mass is 9.94. The second kappa shape index (κ2) is 18.0. The highest BCUT2D eigenvalue weighted by Gasteiger charge is 2.40. The van der Waals surface area contributed by atoms with Gasteiger partial charge in [-0.15, -0.1) is 13.2 Å². The summed E-state index contributed by atoms with van der Waals surface area (Å²) in [5, 5.41) is 4.97. The predicted octanol–water partition coefficient (Wildman–Crippen LogP) is 7.80. The molecule has 2 saturated heterocycles. The fourth-order valence-corrected chi connectivity index (χ4v) is 7.83. The van der Waals surface area contributed by atoms with Gasteiger partial charge in [0.25, 0.3) is 5.91 Å². The molecule has 2 aliphatic heterocycles. The first kappa shape index (κ1) is 45.3. The molecule has 2 aromatic heterocycles. The maximum Gasteiger partial charge on any atom is 0.573 e. The summed E-state index contributed by atoms with van der Waals surface area (Å²) in [7, 11) is 1.23. The van der Waals surface area contributed by atoms with Crippen LogP contribution in [0.15, 0.2) is 60.9 Å². The van der Waals surface area contributed by atoms with Gasteiger partial charge in [-0.2, -0.15) is 0 Å². The van der Waals surface area contributed by atoms with Crippen molar-refractivity contribution < 1.29 is 46.2 Å². The Morgan fingerprint density at radius 2 is 1.61 bits per heavy atom. The zero-order valence-electron chi connectivity index (χ0n) is 35.9. The first-order valence-corrected chi connectivity index (χ1v) is 20.4. The van der Waals surface area contributed by atoms with Crippen molar-refractivity contribution in [3.63, 3.8) is 0 Å². The number of amides is 4. The Kier molecular flexibility index (Phi) is 13.2. The number of anilines is 2. The lowest BCUT2D eigenvalue weighted by Gasteiger charge is -2.42. The molecule has 332 valence electrons. The van der Waals surface area contributed by atoms with Gasteiger partial charge in [-0.05, 0) is 54.5 Å². The minimum absolute atomic E-state index is 0.0411. The lowest BCUT2D eigenvalue weighted by molar-refractivity contribution is -0.274. The number of alkyl halides is 3. The molecule has 6 rings (SSSR count). The van der Waals surface area contributed by atoms with E-state index in [1.165, 1.54) is 31.5 Å². The standard InChI is InChI=1S/C44H52F4N8O6/c1-24(2)37(53-42(60)61-8)40(58)56-22-25(3)17-34(56)38-50-21-33(51-38)28-11-9-27(10-12-28)30-18-31(45)32(19-35(30)62-44(46,47)48)52-39(57)29-13-14-36(49-20-29)55-16-15-54(23-26(55)4)41(59)43(5,6)7/h9-14,18-21,24-26,34,37H,15-17,22-23H2,1-8H3,(H,50,51)(H,52,57)(H,53,60). The minimum Gasteiger partial charge on any atom is -0.453 e. The number of nitrogens with one attached hydrogen (secondary N) is 3. The van der Waals surface area contributed by atoms with Gasteiger partial charge in [0.15, 0.2) is 0 Å². The van der Waals surface area contributed by atoms with Gasteiger partial charge in [0.2, 0.25) is 11.8 Å². The number of hydrogen-bond acceptors (Lipinski definition) is 9. The van der Waals surface area contributed by atoms with Crippen molar-refractivity contribution in [3.8, 4) is 28.1 Å². The molecule has 0 spiro atoms. The predicted molar refractivity (Wildman–Crippen MR) is 224 cm³/mol. The Balaban J connectivity index is 1.17. The number of pyridine rings is 1. The summed E-state index contributed by atoms with van der Waals surface area (Å²) in [6, 6.07) is 9.71. The molecule has 18 heteroatoms. The van der Waals surface area contributed by atoms with Gasteiger partial charge in [0.05, 0.1) is 36.3 Å². The SMILES string of the molecule is COC(=O)NC(C(=O)N1CC(C)CC1c1ncc(-c2ccc(-c3cc(F)c(NC(=O)c4ccc(N5CCN(C(=O)C(C)(C)C)CC5C)nc4)cc3OC(F)(F)F)cc2)[nH]1)C(C)C. The van der Waals surface area contributed by atoms with E-state index in [2.05, 4.69) is 30.3 Å². The van der Waals surface area contributed by atoms with Crippen LogP contribution in [0.2, 0.25) is 0 Å². The first-order valence-electron chi connectivity index (χ1n) is 20.4. The van der Waals surface area contributed by atoms with E-state index >= 15 is 4.39 Å². The van der Waals surface area contributed by atoms with Gasteiger partial charge < -0.3 is 39.8 Å². The number of aromatic amines is 1. The van der Waals surface area contributed by atoms with E-state index in [0.29, 0.717) is 55.5 Å². The van der Waals surface area contributed by atoms with Crippen LogP contribution in [0.5, 0.6) is 5.75 Å². The maximum absolute atomic E-state index is 15.7. The van der Waals surface area contributed by atoms with E-state index in [1.807, 2.05) is 58.3 Å². The van der Waals surface area contributed by atoms with Crippen LogP contribution in [-0.4, -0.2) is 100 Å². The molecule has 14 nitrogen and oxygen atoms in total. The number of rotatable bonds is 10. The average Bonchev–Trinajstić information content (AvgIpc) is 3.86. The van der Waals surface area contributed by atoms with Crippen molar-refractivity contribution >= 4 is 35.3 Å². The summed E-state index contributed by atoms with van der Waals surface area (Å²) in [6.45, 7) is 15.2. The number of alkyl carbamates (subject to hydrolysis) is 1. The van der Waals surface area contributed by atoms with Crippen LogP contribution < -0.4 is 20.3 Å². The van der Waals surface area contributed by atoms with E-state index in [9.17, 15) is 32.3 Å². The van der Waals surface area contributed by atoms with Crippen LogP contribution in [-0.2, 0) is 14.3 Å². The third-order valence-corrected chi connectivity index (χ3v) is 11.0. The monoisotopic (exact) mass is 864 g/mol. The molecule has 0 bridgehead atoms. The highest BCUT2D eigenvalue weighted by atomic mass is 19.4. The van der Waals surface area contributed by atoms with Gasteiger partial charge in [-0.1, -0.05) is 65.8 Å². The molecule has 2 fully saturated rings. The molecule has 0 saturated carbocycles. The van der Waals surface area contributed by atoms with Crippen LogP contribution >= 0.6 is 0 Å². The summed E-state index contributed by atoms with van der Waals surface area (Å²) in [5.41, 5.74) is 0.151. The molecular weight excluding hydrogens is 813 g/mol. The van der Waals surface area contributed by atoms with Crippen molar-refractivity contribution in [3.05, 3.63) is 78.1 Å². The number of carbonyl (C=O) groups is 4. The Hall–Kier alpha value is -6.20. The molecule has 2 aromatic carbocycles. The van der Waals surface area contributed by atoms with Crippen molar-refractivity contribution in [1.82, 2.24) is 30.1 Å². The molecule has 4 unspecified atom stereocenters. The summed E-state index contributed by atoms with van der Waals surface area (Å²) in [4.78, 5) is 69.5. The number of halogens is 4. The van der Waals surface area contributed by atoms with Crippen molar-refractivity contribution in [2.45, 2.75) is 79.4 Å². The normalized spacial score (nSPS) is 18.7. The average molecular weight is 865 g/mol. The van der Waals surface area contributed by atoms with Gasteiger partial charge in [0, 0.05) is 55.5 Å². The van der Waals surface area contributed by atoms with E-state index in [4.69, 9.17) is 4.74 Å². The van der Waals surface area contributed by atoms with Gasteiger partial charge in [-0.3, -0.25) is 14.4 Å². The summed E-state index contributed by atoms with van der Waals surface area (Å²) in [6.07, 6.45) is -2.35. The van der Waals surface area contributed by atoms with Crippen molar-refractivity contribution in [2.75, 3.05) is 43.5 Å². The number of piperazine rings is 1. The second-order valence-corrected chi connectivity index (χ2v) is 17.2. The van der Waals surface area contributed by atoms with Crippen LogP contribution in [0.3, 0.4) is 0 Å². The number of hydrogen-bond donors (Lipinski definition) is 3. The summed E-state index contributed by atoms with van der Waals surface area (Å²) in [5.74, 6) is -1.73. The molecule has 0 aliphatic carbocycles. The van der Waals surface area contributed by atoms with E-state index in [0.717, 1.165) is 12.1 Å². The van der Waals surface area contributed by atoms with Gasteiger partial charge >= 0.3 is 12.5 Å². The molecule has 4 atom stereocenters. The third kappa shape index (κ3) is 10.3. The Labute approximate surface area is 357 Å². The zero-order chi connectivity index (χ0) is 45.3. The molecule has 4 amide bonds. The number of aromatic nitrogens is 3. The number of likely N-dealkylation sites (tertiary alicyclic amines) is 1. The zero-order valence-corrected chi connectivity index (χ0v) is 35.9. The summed E-state index contributed by atoms with van der Waals surface area (Å²) < 4.78 is 65.8. The highest BCUT2D eigenvalue weighted by Crippen LogP contribution is 2.40. The minimum atomic E-state index is -5.14. The van der Waals surface area contributed by atoms with Gasteiger partial charge in [-0.25, -0.2) is 19.2 Å². The Morgan fingerprint density at radius 1 is 0.919 bits per heavy atom. The molecular formula is C44H52F4N8O6. The number of ether oxygens (including phenoxy) is 2. The van der Waals surface area contributed by atoms with E-state index < -0.39 is 53.1 Å². The second-order valence-electron chi connectivity index (χ2n) is 17.2. The molecule has 62 heavy (non-hydrogen) atoms. The fourth-order valence-electron chi connectivity index (χ4n) is 7.83. The molecule has 4 heterocycles. The van der Waals surface area contributed by atoms with Crippen LogP contribution in [0.4, 0.5) is 33.9 Å². The Bertz CT molecular complexity index is 2280. The molecule has 4 aromatic rings. The van der Waals surface area contributed by atoms with E-state index in [-0.39, 0.29) is 46.4 Å². The number of benzene rings is 2. The van der Waals surface area contributed by atoms with Crippen LogP contribution in [0, 0.1) is 23.1 Å². The molecule has 0 radical (unpaired) electrons. The third-order valence-electron chi connectivity index (χ3n) is 11.0. The number of imidazole rings is 1. The topological polar surface area (TPSA) is 162 Å². The fraction of sp³-hybridized carbons (Fsp3) is 0.455. The van der Waals surface area contributed by atoms with Crippen LogP contribution in [0.1, 0.15) is 77.1 Å². The molecule has 3 N–H and O–H groups in total. The summed E-state index contributed by atoms with van der Waals surface area (Å²) >= 11 is 0. The smallest absolute Gasteiger partial charge is 0.453 e. The molecule has 2 aliphatic rings. The number of carbonyl (C=O) groups excluding carboxylic acids is 4. The number of nitrogens with zero attached hydrogens (tertiary/aromatic N) is 5. The van der Waals surface area contributed by atoms with Crippen molar-refractivity contribution in [1.29, 1.82) is 0 Å². The van der Waals surface area contributed by atoms with Gasteiger partial charge in [0.1, 0.15) is 29.3 Å². The quantitative estimate of drug-likeness (QED) is 0.135. The van der Waals surface area contributed by atoms with E-state index in [1.54, 1.807) is 29.3 Å². The van der Waals surface area contributed by atoms with Crippen LogP contribution in [0.25, 0.3) is 22.4 Å². The Morgan fingerprint density at radius 3 is 2.21 bits per heavy atom. The lowest BCUT2D eigenvalue weighted by Crippen LogP contribution is -2.56. The number of methoxy groups -OCH3 is 1. The highest BCUT2D eigenvalue weighted by molar-refractivity contribution is 6.04.